The SMILES string of the molecule is O=C(NCc1ccc(Cl)cc1F)N1CC[C@H](N2CCOCC2)C1. The highest BCUT2D eigenvalue weighted by molar-refractivity contribution is 6.30. The van der Waals surface area contributed by atoms with Gasteiger partial charge in [-0.3, -0.25) is 4.90 Å². The molecule has 0 saturated carbocycles. The summed E-state index contributed by atoms with van der Waals surface area (Å²) in [5.41, 5.74) is 0.437. The van der Waals surface area contributed by atoms with Gasteiger partial charge < -0.3 is 15.0 Å². The summed E-state index contributed by atoms with van der Waals surface area (Å²) in [7, 11) is 0. The van der Waals surface area contributed by atoms with Gasteiger partial charge in [-0.25, -0.2) is 9.18 Å². The number of urea groups is 1. The Morgan fingerprint density at radius 3 is 2.87 bits per heavy atom. The van der Waals surface area contributed by atoms with Gasteiger partial charge in [0.1, 0.15) is 5.82 Å². The highest BCUT2D eigenvalue weighted by Gasteiger charge is 2.31. The summed E-state index contributed by atoms with van der Waals surface area (Å²) in [6, 6.07) is 4.73. The third-order valence-electron chi connectivity index (χ3n) is 4.46. The third-order valence-corrected chi connectivity index (χ3v) is 4.69. The molecule has 0 radical (unpaired) electrons. The predicted molar refractivity (Wildman–Crippen MR) is 86.0 cm³/mol. The van der Waals surface area contributed by atoms with E-state index in [2.05, 4.69) is 10.2 Å². The number of rotatable bonds is 3. The van der Waals surface area contributed by atoms with Crippen LogP contribution in [0.5, 0.6) is 0 Å². The second-order valence-corrected chi connectivity index (χ2v) is 6.37. The Balaban J connectivity index is 1.49. The zero-order chi connectivity index (χ0) is 16.2. The molecule has 0 unspecified atom stereocenters. The molecule has 2 saturated heterocycles. The van der Waals surface area contributed by atoms with Crippen molar-refractivity contribution in [3.63, 3.8) is 0 Å². The van der Waals surface area contributed by atoms with Crippen LogP contribution in [0.2, 0.25) is 5.02 Å². The van der Waals surface area contributed by atoms with E-state index in [9.17, 15) is 9.18 Å². The second kappa shape index (κ2) is 7.47. The molecule has 2 aliphatic heterocycles. The number of carbonyl (C=O) groups is 1. The Kier molecular flexibility index (Phi) is 5.35. The molecule has 7 heteroatoms. The fraction of sp³-hybridized carbons (Fsp3) is 0.562. The Hall–Kier alpha value is -1.37. The first-order valence-corrected chi connectivity index (χ1v) is 8.30. The summed E-state index contributed by atoms with van der Waals surface area (Å²) in [5.74, 6) is -0.398. The minimum atomic E-state index is -0.398. The molecular formula is C16H21ClFN3O2. The van der Waals surface area contributed by atoms with E-state index in [0.717, 1.165) is 45.8 Å². The number of nitrogens with one attached hydrogen (secondary N) is 1. The molecule has 0 aliphatic carbocycles. The molecule has 3 rings (SSSR count). The van der Waals surface area contributed by atoms with Crippen LogP contribution < -0.4 is 5.32 Å². The first kappa shape index (κ1) is 16.5. The molecule has 2 fully saturated rings. The summed E-state index contributed by atoms with van der Waals surface area (Å²) >= 11 is 5.72. The standard InChI is InChI=1S/C16H21ClFN3O2/c17-13-2-1-12(15(18)9-13)10-19-16(22)21-4-3-14(11-21)20-5-7-23-8-6-20/h1-2,9,14H,3-8,10-11H2,(H,19,22)/t14-/m0/s1. The van der Waals surface area contributed by atoms with E-state index in [1.54, 1.807) is 17.0 Å². The van der Waals surface area contributed by atoms with Gasteiger partial charge >= 0.3 is 6.03 Å². The maximum Gasteiger partial charge on any atom is 0.317 e. The van der Waals surface area contributed by atoms with Crippen LogP contribution in [-0.2, 0) is 11.3 Å². The van der Waals surface area contributed by atoms with E-state index in [1.807, 2.05) is 0 Å². The van der Waals surface area contributed by atoms with E-state index in [1.165, 1.54) is 6.07 Å². The predicted octanol–water partition coefficient (Wildman–Crippen LogP) is 2.10. The molecule has 5 nitrogen and oxygen atoms in total. The normalized spacial score (nSPS) is 22.3. The van der Waals surface area contributed by atoms with Crippen LogP contribution in [-0.4, -0.2) is 61.3 Å². The van der Waals surface area contributed by atoms with Crippen LogP contribution in [0.3, 0.4) is 0 Å². The number of amides is 2. The summed E-state index contributed by atoms with van der Waals surface area (Å²) in [6.07, 6.45) is 0.975. The topological polar surface area (TPSA) is 44.8 Å². The van der Waals surface area contributed by atoms with Gasteiger partial charge in [0.25, 0.3) is 0 Å². The highest BCUT2D eigenvalue weighted by atomic mass is 35.5. The quantitative estimate of drug-likeness (QED) is 0.915. The molecule has 1 aromatic carbocycles. The number of ether oxygens (including phenoxy) is 1. The van der Waals surface area contributed by atoms with Crippen LogP contribution in [0.15, 0.2) is 18.2 Å². The van der Waals surface area contributed by atoms with Gasteiger partial charge in [-0.15, -0.1) is 0 Å². The zero-order valence-electron chi connectivity index (χ0n) is 12.9. The first-order chi connectivity index (χ1) is 11.1. The second-order valence-electron chi connectivity index (χ2n) is 5.93. The number of hydrogen-bond acceptors (Lipinski definition) is 3. The fourth-order valence-corrected chi connectivity index (χ4v) is 3.27. The minimum absolute atomic E-state index is 0.143. The Morgan fingerprint density at radius 1 is 1.35 bits per heavy atom. The van der Waals surface area contributed by atoms with E-state index in [4.69, 9.17) is 16.3 Å². The highest BCUT2D eigenvalue weighted by Crippen LogP contribution is 2.18. The number of carbonyl (C=O) groups excluding carboxylic acids is 1. The van der Waals surface area contributed by atoms with E-state index < -0.39 is 5.82 Å². The van der Waals surface area contributed by atoms with E-state index in [-0.39, 0.29) is 12.6 Å². The summed E-state index contributed by atoms with van der Waals surface area (Å²) in [4.78, 5) is 16.4. The average molecular weight is 342 g/mol. The Bertz CT molecular complexity index is 566. The van der Waals surface area contributed by atoms with Crippen molar-refractivity contribution in [2.75, 3.05) is 39.4 Å². The van der Waals surface area contributed by atoms with Crippen molar-refractivity contribution in [2.24, 2.45) is 0 Å². The third kappa shape index (κ3) is 4.13. The molecule has 2 heterocycles. The molecular weight excluding hydrogens is 321 g/mol. The van der Waals surface area contributed by atoms with Crippen LogP contribution >= 0.6 is 11.6 Å². The lowest BCUT2D eigenvalue weighted by molar-refractivity contribution is 0.0191. The molecule has 1 N–H and O–H groups in total. The maximum absolute atomic E-state index is 13.7. The van der Waals surface area contributed by atoms with Gasteiger partial charge in [-0.1, -0.05) is 17.7 Å². The molecule has 0 spiro atoms. The molecule has 1 aromatic rings. The first-order valence-electron chi connectivity index (χ1n) is 7.92. The molecule has 2 aliphatic rings. The van der Waals surface area contributed by atoms with Crippen molar-refractivity contribution in [3.05, 3.63) is 34.6 Å². The summed E-state index contributed by atoms with van der Waals surface area (Å²) in [5, 5.41) is 3.14. The van der Waals surface area contributed by atoms with Crippen LogP contribution in [0.25, 0.3) is 0 Å². The lowest BCUT2D eigenvalue weighted by Gasteiger charge is -2.32. The van der Waals surface area contributed by atoms with Crippen molar-refractivity contribution in [3.8, 4) is 0 Å². The molecule has 1 atom stereocenters. The molecule has 0 bridgehead atoms. The lowest BCUT2D eigenvalue weighted by Crippen LogP contribution is -2.46. The number of likely N-dealkylation sites (tertiary alicyclic amines) is 1. The number of benzene rings is 1. The molecule has 0 aromatic heterocycles. The van der Waals surface area contributed by atoms with Crippen molar-refractivity contribution >= 4 is 17.6 Å². The summed E-state index contributed by atoms with van der Waals surface area (Å²) in [6.45, 7) is 5.00. The number of halogens is 2. The van der Waals surface area contributed by atoms with Gasteiger partial charge in [0.2, 0.25) is 0 Å². The maximum atomic E-state index is 13.7. The van der Waals surface area contributed by atoms with E-state index >= 15 is 0 Å². The zero-order valence-corrected chi connectivity index (χ0v) is 13.7. The minimum Gasteiger partial charge on any atom is -0.379 e. The number of nitrogens with zero attached hydrogens (tertiary/aromatic N) is 2. The lowest BCUT2D eigenvalue weighted by atomic mass is 10.2. The molecule has 2 amide bonds. The average Bonchev–Trinajstić information content (AvgIpc) is 3.05. The Labute approximate surface area is 140 Å². The van der Waals surface area contributed by atoms with Gasteiger partial charge in [-0.05, 0) is 18.6 Å². The number of morpholine rings is 1. The van der Waals surface area contributed by atoms with Crippen LogP contribution in [0, 0.1) is 5.82 Å². The van der Waals surface area contributed by atoms with Crippen molar-refractivity contribution in [1.29, 1.82) is 0 Å². The van der Waals surface area contributed by atoms with Gasteiger partial charge in [0, 0.05) is 49.4 Å². The van der Waals surface area contributed by atoms with Crippen LogP contribution in [0.1, 0.15) is 12.0 Å². The number of hydrogen-bond donors (Lipinski definition) is 1. The van der Waals surface area contributed by atoms with Gasteiger partial charge in [0.05, 0.1) is 13.2 Å². The Morgan fingerprint density at radius 2 is 2.13 bits per heavy atom. The van der Waals surface area contributed by atoms with Gasteiger partial charge in [0.15, 0.2) is 0 Å². The largest absolute Gasteiger partial charge is 0.379 e. The van der Waals surface area contributed by atoms with E-state index in [0.29, 0.717) is 16.6 Å². The summed E-state index contributed by atoms with van der Waals surface area (Å²) < 4.78 is 19.1. The van der Waals surface area contributed by atoms with Gasteiger partial charge in [-0.2, -0.15) is 0 Å². The van der Waals surface area contributed by atoms with Crippen molar-refractivity contribution in [2.45, 2.75) is 19.0 Å². The van der Waals surface area contributed by atoms with Crippen molar-refractivity contribution in [1.82, 2.24) is 15.1 Å². The molecule has 126 valence electrons. The smallest absolute Gasteiger partial charge is 0.317 e. The monoisotopic (exact) mass is 341 g/mol. The van der Waals surface area contributed by atoms with Crippen LogP contribution in [0.4, 0.5) is 9.18 Å². The molecule has 23 heavy (non-hydrogen) atoms. The fourth-order valence-electron chi connectivity index (χ4n) is 3.11. The van der Waals surface area contributed by atoms with Crippen molar-refractivity contribution < 1.29 is 13.9 Å².